The van der Waals surface area contributed by atoms with Gasteiger partial charge in [-0.05, 0) is 48.5 Å². The van der Waals surface area contributed by atoms with Gasteiger partial charge in [0.05, 0.1) is 17.1 Å². The molecule has 3 aromatic carbocycles. The first-order valence-electron chi connectivity index (χ1n) is 8.46. The van der Waals surface area contributed by atoms with Gasteiger partial charge in [0, 0.05) is 5.56 Å². The summed E-state index contributed by atoms with van der Waals surface area (Å²) < 4.78 is 5.73. The van der Waals surface area contributed by atoms with E-state index in [2.05, 4.69) is 16.0 Å². The Morgan fingerprint density at radius 1 is 0.926 bits per heavy atom. The van der Waals surface area contributed by atoms with Crippen LogP contribution < -0.4 is 4.74 Å². The molecule has 0 radical (unpaired) electrons. The molecule has 5 heteroatoms. The minimum absolute atomic E-state index is 0.303. The van der Waals surface area contributed by atoms with E-state index in [1.165, 1.54) is 0 Å². The molecule has 0 bridgehead atoms. The number of para-hydroxylation sites is 3. The molecule has 1 N–H and O–H groups in total. The van der Waals surface area contributed by atoms with E-state index in [1.54, 1.807) is 24.3 Å². The quantitative estimate of drug-likeness (QED) is 0.520. The van der Waals surface area contributed by atoms with Crippen LogP contribution in [0.25, 0.3) is 11.0 Å². The van der Waals surface area contributed by atoms with Crippen molar-refractivity contribution in [3.05, 3.63) is 90.3 Å². The van der Waals surface area contributed by atoms with Crippen molar-refractivity contribution in [1.82, 2.24) is 9.97 Å². The molecule has 5 nitrogen and oxygen atoms in total. The lowest BCUT2D eigenvalue weighted by molar-refractivity contribution is 0.0976. The van der Waals surface area contributed by atoms with Crippen molar-refractivity contribution >= 4 is 16.8 Å². The molecular formula is C22H15N3O2. The van der Waals surface area contributed by atoms with Crippen molar-refractivity contribution in [2.45, 2.75) is 5.92 Å². The summed E-state index contributed by atoms with van der Waals surface area (Å²) in [5.74, 6) is 0.401. The van der Waals surface area contributed by atoms with Gasteiger partial charge in [-0.2, -0.15) is 5.26 Å². The minimum atomic E-state index is -0.988. The van der Waals surface area contributed by atoms with Gasteiger partial charge in [0.2, 0.25) is 0 Å². The van der Waals surface area contributed by atoms with Crippen LogP contribution in [0.2, 0.25) is 0 Å². The molecule has 0 unspecified atom stereocenters. The first kappa shape index (κ1) is 16.6. The van der Waals surface area contributed by atoms with Crippen LogP contribution in [0.1, 0.15) is 22.1 Å². The number of ketones is 1. The van der Waals surface area contributed by atoms with Crippen LogP contribution in [0, 0.1) is 11.3 Å². The molecule has 0 saturated carbocycles. The van der Waals surface area contributed by atoms with E-state index in [-0.39, 0.29) is 5.78 Å². The highest BCUT2D eigenvalue weighted by molar-refractivity contribution is 6.02. The van der Waals surface area contributed by atoms with Crippen molar-refractivity contribution in [3.8, 4) is 17.6 Å². The van der Waals surface area contributed by atoms with E-state index in [1.807, 2.05) is 54.6 Å². The third-order valence-electron chi connectivity index (χ3n) is 4.19. The second kappa shape index (κ2) is 7.14. The summed E-state index contributed by atoms with van der Waals surface area (Å²) in [4.78, 5) is 20.2. The Morgan fingerprint density at radius 3 is 2.30 bits per heavy atom. The van der Waals surface area contributed by atoms with Crippen LogP contribution in [0.15, 0.2) is 78.9 Å². The van der Waals surface area contributed by atoms with Gasteiger partial charge in [-0.1, -0.05) is 30.3 Å². The number of nitrogens with zero attached hydrogens (tertiary/aromatic N) is 2. The molecule has 1 atom stereocenters. The number of nitriles is 1. The fourth-order valence-electron chi connectivity index (χ4n) is 2.83. The summed E-state index contributed by atoms with van der Waals surface area (Å²) in [6.45, 7) is 0. The number of ether oxygens (including phenoxy) is 1. The van der Waals surface area contributed by atoms with Gasteiger partial charge in [0.15, 0.2) is 11.7 Å². The number of H-pyrrole nitrogens is 1. The first-order chi connectivity index (χ1) is 13.2. The third kappa shape index (κ3) is 3.42. The van der Waals surface area contributed by atoms with E-state index >= 15 is 0 Å². The van der Waals surface area contributed by atoms with E-state index in [0.29, 0.717) is 22.9 Å². The Bertz CT molecular complexity index is 1090. The molecular weight excluding hydrogens is 338 g/mol. The number of carbonyl (C=O) groups is 1. The fraction of sp³-hybridized carbons (Fsp3) is 0.0455. The Balaban J connectivity index is 1.56. The molecule has 0 spiro atoms. The minimum Gasteiger partial charge on any atom is -0.457 e. The van der Waals surface area contributed by atoms with E-state index < -0.39 is 5.92 Å². The maximum atomic E-state index is 12.8. The van der Waals surface area contributed by atoms with Gasteiger partial charge >= 0.3 is 0 Å². The number of hydrogen-bond donors (Lipinski definition) is 1. The average molecular weight is 353 g/mol. The van der Waals surface area contributed by atoms with Gasteiger partial charge in [0.1, 0.15) is 17.3 Å². The summed E-state index contributed by atoms with van der Waals surface area (Å²) in [7, 11) is 0. The Hall–Kier alpha value is -3.91. The average Bonchev–Trinajstić information content (AvgIpc) is 3.13. The van der Waals surface area contributed by atoms with Crippen molar-refractivity contribution in [1.29, 1.82) is 5.26 Å². The summed E-state index contributed by atoms with van der Waals surface area (Å²) in [5, 5.41) is 9.53. The lowest BCUT2D eigenvalue weighted by atomic mass is 9.98. The van der Waals surface area contributed by atoms with E-state index in [9.17, 15) is 10.1 Å². The lowest BCUT2D eigenvalue weighted by Gasteiger charge is -2.08. The maximum absolute atomic E-state index is 12.8. The second-order valence-corrected chi connectivity index (χ2v) is 6.01. The van der Waals surface area contributed by atoms with Gasteiger partial charge in [0.25, 0.3) is 0 Å². The highest BCUT2D eigenvalue weighted by Gasteiger charge is 2.25. The van der Waals surface area contributed by atoms with Crippen LogP contribution in [0.4, 0.5) is 0 Å². The molecule has 0 saturated heterocycles. The van der Waals surface area contributed by atoms with Crippen LogP contribution in [0.3, 0.4) is 0 Å². The SMILES string of the molecule is N#C[C@H](C(=O)c1ccc(Oc2ccccc2)cc1)c1nc2ccccc2[nH]1. The summed E-state index contributed by atoms with van der Waals surface area (Å²) in [6.07, 6.45) is 0. The second-order valence-electron chi connectivity index (χ2n) is 6.01. The van der Waals surface area contributed by atoms with Crippen LogP contribution in [-0.2, 0) is 0 Å². The number of imidazole rings is 1. The van der Waals surface area contributed by atoms with Crippen LogP contribution >= 0.6 is 0 Å². The number of benzene rings is 3. The number of fused-ring (bicyclic) bond motifs is 1. The predicted molar refractivity (Wildman–Crippen MR) is 102 cm³/mol. The molecule has 4 rings (SSSR count). The monoisotopic (exact) mass is 353 g/mol. The fourth-order valence-corrected chi connectivity index (χ4v) is 2.83. The summed E-state index contributed by atoms with van der Waals surface area (Å²) in [6, 6.07) is 25.6. The summed E-state index contributed by atoms with van der Waals surface area (Å²) >= 11 is 0. The summed E-state index contributed by atoms with van der Waals surface area (Å²) in [5.41, 5.74) is 1.96. The number of aromatic amines is 1. The van der Waals surface area contributed by atoms with Crippen LogP contribution in [0.5, 0.6) is 11.5 Å². The molecule has 1 aromatic heterocycles. The van der Waals surface area contributed by atoms with Crippen molar-refractivity contribution < 1.29 is 9.53 Å². The number of nitrogens with one attached hydrogen (secondary N) is 1. The number of aromatic nitrogens is 2. The van der Waals surface area contributed by atoms with E-state index in [4.69, 9.17) is 4.74 Å². The molecule has 0 aliphatic rings. The third-order valence-corrected chi connectivity index (χ3v) is 4.19. The van der Waals surface area contributed by atoms with Gasteiger partial charge in [-0.15, -0.1) is 0 Å². The number of hydrogen-bond acceptors (Lipinski definition) is 4. The van der Waals surface area contributed by atoms with Gasteiger partial charge < -0.3 is 9.72 Å². The normalized spacial score (nSPS) is 11.7. The van der Waals surface area contributed by atoms with Crippen LogP contribution in [-0.4, -0.2) is 15.8 Å². The lowest BCUT2D eigenvalue weighted by Crippen LogP contribution is -2.12. The van der Waals surface area contributed by atoms with Crippen molar-refractivity contribution in [3.63, 3.8) is 0 Å². The zero-order valence-electron chi connectivity index (χ0n) is 14.3. The molecule has 130 valence electrons. The number of carbonyl (C=O) groups excluding carboxylic acids is 1. The topological polar surface area (TPSA) is 78.8 Å². The molecule has 0 fully saturated rings. The van der Waals surface area contributed by atoms with E-state index in [0.717, 1.165) is 11.0 Å². The molecule has 0 amide bonds. The first-order valence-corrected chi connectivity index (χ1v) is 8.46. The Morgan fingerprint density at radius 2 is 1.59 bits per heavy atom. The van der Waals surface area contributed by atoms with Gasteiger partial charge in [-0.3, -0.25) is 4.79 Å². The molecule has 4 aromatic rings. The standard InChI is InChI=1S/C22H15N3O2/c23-14-18(22-24-19-8-4-5-9-20(19)25-22)21(26)15-10-12-17(13-11-15)27-16-6-2-1-3-7-16/h1-13,18H,(H,24,25)/t18-/m1/s1. The smallest absolute Gasteiger partial charge is 0.187 e. The predicted octanol–water partition coefficient (Wildman–Crippen LogP) is 4.85. The highest BCUT2D eigenvalue weighted by Crippen LogP contribution is 2.25. The molecule has 0 aliphatic carbocycles. The van der Waals surface area contributed by atoms with Crippen molar-refractivity contribution in [2.24, 2.45) is 0 Å². The Kier molecular flexibility index (Phi) is 4.38. The molecule has 0 aliphatic heterocycles. The van der Waals surface area contributed by atoms with Crippen molar-refractivity contribution in [2.75, 3.05) is 0 Å². The number of Topliss-reactive ketones (excluding diaryl/α,β-unsaturated/α-hetero) is 1. The largest absolute Gasteiger partial charge is 0.457 e. The van der Waals surface area contributed by atoms with Gasteiger partial charge in [-0.25, -0.2) is 4.98 Å². The molecule has 1 heterocycles. The zero-order chi connectivity index (χ0) is 18.6. The molecule has 27 heavy (non-hydrogen) atoms. The number of rotatable bonds is 5. The highest BCUT2D eigenvalue weighted by atomic mass is 16.5. The maximum Gasteiger partial charge on any atom is 0.187 e. The zero-order valence-corrected chi connectivity index (χ0v) is 14.3. The Labute approximate surface area is 155 Å².